The summed E-state index contributed by atoms with van der Waals surface area (Å²) in [5, 5.41) is 9.62. The first-order valence-electron chi connectivity index (χ1n) is 7.11. The van der Waals surface area contributed by atoms with E-state index in [1.165, 1.54) is 0 Å². The van der Waals surface area contributed by atoms with Gasteiger partial charge in [-0.3, -0.25) is 4.57 Å². The fourth-order valence-corrected chi connectivity index (χ4v) is 2.93. The molecule has 0 fully saturated rings. The molecule has 0 saturated carbocycles. The average Bonchev–Trinajstić information content (AvgIpc) is 3.00. The molecule has 0 N–H and O–H groups in total. The summed E-state index contributed by atoms with van der Waals surface area (Å²) in [5.74, 6) is 2.60. The first kappa shape index (κ1) is 14.7. The van der Waals surface area contributed by atoms with E-state index in [2.05, 4.69) is 21.7 Å². The second kappa shape index (κ2) is 6.66. The van der Waals surface area contributed by atoms with E-state index in [0.29, 0.717) is 0 Å². The van der Waals surface area contributed by atoms with Gasteiger partial charge in [0.1, 0.15) is 5.75 Å². The fraction of sp³-hybridized carbons (Fsp3) is 0.176. The van der Waals surface area contributed by atoms with Gasteiger partial charge in [0.05, 0.1) is 12.8 Å². The molecule has 3 rings (SSSR count). The number of hydrogen-bond acceptors (Lipinski definition) is 4. The molecular formula is C17H17N3OS. The van der Waals surface area contributed by atoms with Crippen molar-refractivity contribution in [2.45, 2.75) is 12.1 Å². The van der Waals surface area contributed by atoms with E-state index < -0.39 is 0 Å². The zero-order chi connectivity index (χ0) is 15.4. The van der Waals surface area contributed by atoms with Crippen molar-refractivity contribution in [2.75, 3.05) is 12.9 Å². The Morgan fingerprint density at radius 1 is 1.05 bits per heavy atom. The van der Waals surface area contributed by atoms with Crippen LogP contribution in [0.2, 0.25) is 0 Å². The van der Waals surface area contributed by atoms with E-state index in [9.17, 15) is 0 Å². The van der Waals surface area contributed by atoms with Crippen LogP contribution in [0.4, 0.5) is 0 Å². The Labute approximate surface area is 134 Å². The lowest BCUT2D eigenvalue weighted by atomic mass is 10.2. The van der Waals surface area contributed by atoms with E-state index in [1.54, 1.807) is 18.9 Å². The van der Waals surface area contributed by atoms with E-state index in [1.807, 2.05) is 54.6 Å². The van der Waals surface area contributed by atoms with E-state index in [-0.39, 0.29) is 0 Å². The van der Waals surface area contributed by atoms with Crippen molar-refractivity contribution in [1.82, 2.24) is 14.8 Å². The number of thioether (sulfide) groups is 1. The van der Waals surface area contributed by atoms with Crippen molar-refractivity contribution in [3.63, 3.8) is 0 Å². The van der Waals surface area contributed by atoms with Crippen LogP contribution in [0.15, 0.2) is 59.8 Å². The van der Waals surface area contributed by atoms with Crippen molar-refractivity contribution in [1.29, 1.82) is 0 Å². The number of nitrogens with zero attached hydrogens (tertiary/aromatic N) is 3. The Kier molecular flexibility index (Phi) is 4.44. The molecule has 2 aromatic carbocycles. The molecule has 0 amide bonds. The SMILES string of the molecule is CCSc1nnc(-c2ccccc2)n1-c1cccc(OC)c1. The van der Waals surface area contributed by atoms with Gasteiger partial charge in [0.2, 0.25) is 0 Å². The lowest BCUT2D eigenvalue weighted by Gasteiger charge is -2.11. The lowest BCUT2D eigenvalue weighted by Crippen LogP contribution is -2.00. The van der Waals surface area contributed by atoms with Crippen LogP contribution in [0.5, 0.6) is 5.75 Å². The van der Waals surface area contributed by atoms with Crippen LogP contribution in [-0.4, -0.2) is 27.6 Å². The van der Waals surface area contributed by atoms with Crippen molar-refractivity contribution in [2.24, 2.45) is 0 Å². The molecule has 22 heavy (non-hydrogen) atoms. The van der Waals surface area contributed by atoms with Gasteiger partial charge in [-0.2, -0.15) is 0 Å². The van der Waals surface area contributed by atoms with Crippen LogP contribution in [0.1, 0.15) is 6.92 Å². The summed E-state index contributed by atoms with van der Waals surface area (Å²) in [7, 11) is 1.67. The molecule has 3 aromatic rings. The maximum Gasteiger partial charge on any atom is 0.196 e. The van der Waals surface area contributed by atoms with Crippen LogP contribution in [0, 0.1) is 0 Å². The Hall–Kier alpha value is -2.27. The van der Waals surface area contributed by atoms with Crippen LogP contribution < -0.4 is 4.74 Å². The predicted molar refractivity (Wildman–Crippen MR) is 89.7 cm³/mol. The largest absolute Gasteiger partial charge is 0.497 e. The Morgan fingerprint density at radius 3 is 2.59 bits per heavy atom. The first-order chi connectivity index (χ1) is 10.8. The molecule has 0 atom stereocenters. The van der Waals surface area contributed by atoms with Crippen LogP contribution in [0.25, 0.3) is 17.1 Å². The zero-order valence-electron chi connectivity index (χ0n) is 12.6. The van der Waals surface area contributed by atoms with Crippen molar-refractivity contribution >= 4 is 11.8 Å². The molecule has 0 spiro atoms. The number of rotatable bonds is 5. The third kappa shape index (κ3) is 2.85. The van der Waals surface area contributed by atoms with Gasteiger partial charge in [-0.15, -0.1) is 10.2 Å². The smallest absolute Gasteiger partial charge is 0.196 e. The monoisotopic (exact) mass is 311 g/mol. The highest BCUT2D eigenvalue weighted by Crippen LogP contribution is 2.29. The molecule has 112 valence electrons. The minimum atomic E-state index is 0.817. The fourth-order valence-electron chi connectivity index (χ4n) is 2.25. The third-order valence-electron chi connectivity index (χ3n) is 3.25. The lowest BCUT2D eigenvalue weighted by molar-refractivity contribution is 0.414. The molecule has 5 heteroatoms. The quantitative estimate of drug-likeness (QED) is 0.666. The average molecular weight is 311 g/mol. The zero-order valence-corrected chi connectivity index (χ0v) is 13.4. The molecule has 0 unspecified atom stereocenters. The van der Waals surface area contributed by atoms with Gasteiger partial charge in [0.15, 0.2) is 11.0 Å². The van der Waals surface area contributed by atoms with Crippen LogP contribution in [0.3, 0.4) is 0 Å². The summed E-state index contributed by atoms with van der Waals surface area (Å²) in [5.41, 5.74) is 2.04. The van der Waals surface area contributed by atoms with Gasteiger partial charge < -0.3 is 4.74 Å². The molecule has 4 nitrogen and oxygen atoms in total. The van der Waals surface area contributed by atoms with Gasteiger partial charge in [0, 0.05) is 11.6 Å². The Bertz CT molecular complexity index is 756. The predicted octanol–water partition coefficient (Wildman–Crippen LogP) is 4.05. The maximum atomic E-state index is 5.34. The topological polar surface area (TPSA) is 39.9 Å². The molecule has 1 aromatic heterocycles. The van der Waals surface area contributed by atoms with Crippen molar-refractivity contribution in [3.05, 3.63) is 54.6 Å². The number of aromatic nitrogens is 3. The van der Waals surface area contributed by atoms with Gasteiger partial charge in [-0.1, -0.05) is 55.1 Å². The summed E-state index contributed by atoms with van der Waals surface area (Å²) in [4.78, 5) is 0. The summed E-state index contributed by atoms with van der Waals surface area (Å²) in [6.07, 6.45) is 0. The van der Waals surface area contributed by atoms with Gasteiger partial charge in [0.25, 0.3) is 0 Å². The maximum absolute atomic E-state index is 5.34. The third-order valence-corrected chi connectivity index (χ3v) is 4.06. The second-order valence-corrected chi connectivity index (χ2v) is 5.87. The molecule has 0 radical (unpaired) electrons. The minimum Gasteiger partial charge on any atom is -0.497 e. The van der Waals surface area contributed by atoms with Gasteiger partial charge in [-0.25, -0.2) is 0 Å². The number of benzene rings is 2. The summed E-state index contributed by atoms with van der Waals surface area (Å²) >= 11 is 1.67. The van der Waals surface area contributed by atoms with Crippen LogP contribution in [-0.2, 0) is 0 Å². The minimum absolute atomic E-state index is 0.817. The van der Waals surface area contributed by atoms with Crippen molar-refractivity contribution in [3.8, 4) is 22.8 Å². The van der Waals surface area contributed by atoms with Gasteiger partial charge >= 0.3 is 0 Å². The first-order valence-corrected chi connectivity index (χ1v) is 8.10. The standard InChI is InChI=1S/C17H17N3OS/c1-3-22-17-19-18-16(13-8-5-4-6-9-13)20(17)14-10-7-11-15(12-14)21-2/h4-12H,3H2,1-2H3. The van der Waals surface area contributed by atoms with E-state index in [4.69, 9.17) is 4.74 Å². The molecular weight excluding hydrogens is 294 g/mol. The van der Waals surface area contributed by atoms with Crippen LogP contribution >= 0.6 is 11.8 Å². The highest BCUT2D eigenvalue weighted by Gasteiger charge is 2.15. The molecule has 0 aliphatic carbocycles. The van der Waals surface area contributed by atoms with Gasteiger partial charge in [-0.05, 0) is 17.9 Å². The Morgan fingerprint density at radius 2 is 1.86 bits per heavy atom. The number of ether oxygens (including phenoxy) is 1. The normalized spacial score (nSPS) is 10.6. The highest BCUT2D eigenvalue weighted by molar-refractivity contribution is 7.99. The van der Waals surface area contributed by atoms with E-state index >= 15 is 0 Å². The summed E-state index contributed by atoms with van der Waals surface area (Å²) in [6.45, 7) is 2.11. The molecule has 0 aliphatic heterocycles. The molecule has 0 saturated heterocycles. The highest BCUT2D eigenvalue weighted by atomic mass is 32.2. The second-order valence-electron chi connectivity index (χ2n) is 4.64. The van der Waals surface area contributed by atoms with E-state index in [0.717, 1.165) is 33.7 Å². The number of methoxy groups -OCH3 is 1. The van der Waals surface area contributed by atoms with Crippen molar-refractivity contribution < 1.29 is 4.74 Å². The number of hydrogen-bond donors (Lipinski definition) is 0. The summed E-state index contributed by atoms with van der Waals surface area (Å²) < 4.78 is 7.41. The Balaban J connectivity index is 2.16. The molecule has 0 bridgehead atoms. The molecule has 0 aliphatic rings. The molecule has 1 heterocycles. The summed E-state index contributed by atoms with van der Waals surface area (Å²) in [6, 6.07) is 18.0.